The summed E-state index contributed by atoms with van der Waals surface area (Å²) in [7, 11) is 0. The van der Waals surface area contributed by atoms with Gasteiger partial charge in [-0.3, -0.25) is 0 Å². The summed E-state index contributed by atoms with van der Waals surface area (Å²) in [5, 5.41) is -0.848. The lowest BCUT2D eigenvalue weighted by molar-refractivity contribution is -0.121. The van der Waals surface area contributed by atoms with Crippen LogP contribution in [0.3, 0.4) is 0 Å². The van der Waals surface area contributed by atoms with Crippen molar-refractivity contribution in [1.82, 2.24) is 9.97 Å². The number of rotatable bonds is 2. The highest BCUT2D eigenvalue weighted by Gasteiger charge is 2.41. The molecule has 144 valence electrons. The fraction of sp³-hybridized carbons (Fsp3) is 0.222. The topological polar surface area (TPSA) is 29.0 Å². The number of benzene rings is 2. The highest BCUT2D eigenvalue weighted by molar-refractivity contribution is 6.32. The molecule has 0 saturated carbocycles. The molecule has 0 fully saturated rings. The number of hydrogen-bond donors (Lipinski definition) is 0. The zero-order chi connectivity index (χ0) is 20.4. The van der Waals surface area contributed by atoms with Gasteiger partial charge in [0.1, 0.15) is 5.82 Å². The Morgan fingerprint density at radius 3 is 2.26 bits per heavy atom. The molecule has 0 unspecified atom stereocenters. The lowest BCUT2D eigenvalue weighted by Crippen LogP contribution is -2.34. The minimum atomic E-state index is -4.82. The fourth-order valence-corrected chi connectivity index (χ4v) is 2.74. The Balaban J connectivity index is 0.00000126. The Bertz CT molecular complexity index is 961. The molecule has 3 rings (SSSR count). The number of fused-ring (bicyclic) bond motifs is 1. The second-order valence-electron chi connectivity index (χ2n) is 5.24. The van der Waals surface area contributed by atoms with Crippen molar-refractivity contribution < 1.29 is 17.6 Å². The molecular weight excluding hydrogens is 405 g/mol. The van der Waals surface area contributed by atoms with Gasteiger partial charge in [0, 0.05) is 5.39 Å². The molecule has 3 nitrogen and oxygen atoms in total. The molecule has 0 atom stereocenters. The summed E-state index contributed by atoms with van der Waals surface area (Å²) in [5.41, 5.74) is 0.438. The average Bonchev–Trinajstić information content (AvgIpc) is 2.57. The third kappa shape index (κ3) is 4.59. The molecular formula is C18H15Cl2F4N3. The van der Waals surface area contributed by atoms with Crippen LogP contribution >= 0.6 is 23.2 Å². The predicted molar refractivity (Wildman–Crippen MR) is 100 cm³/mol. The number of aryl methyl sites for hydroxylation is 1. The van der Waals surface area contributed by atoms with Crippen molar-refractivity contribution in [3.05, 3.63) is 58.1 Å². The molecule has 0 bridgehead atoms. The van der Waals surface area contributed by atoms with Crippen LogP contribution in [0, 0.1) is 12.7 Å². The summed E-state index contributed by atoms with van der Waals surface area (Å²) in [4.78, 5) is 7.55. The van der Waals surface area contributed by atoms with Gasteiger partial charge in [0.05, 0.1) is 16.2 Å². The van der Waals surface area contributed by atoms with Crippen molar-refractivity contribution in [2.75, 3.05) is 4.90 Å². The van der Waals surface area contributed by atoms with Crippen LogP contribution in [-0.4, -0.2) is 16.3 Å². The van der Waals surface area contributed by atoms with Gasteiger partial charge in [0.25, 0.3) is 0 Å². The number of nitrogens with zero attached hydrogens (tertiary/aromatic N) is 3. The first-order chi connectivity index (χ1) is 12.7. The Morgan fingerprint density at radius 2 is 1.67 bits per heavy atom. The van der Waals surface area contributed by atoms with E-state index in [0.717, 1.165) is 12.1 Å². The van der Waals surface area contributed by atoms with E-state index in [1.54, 1.807) is 13.0 Å². The molecule has 0 amide bonds. The Labute approximate surface area is 163 Å². The summed E-state index contributed by atoms with van der Waals surface area (Å²) in [6, 6.07) is 7.70. The summed E-state index contributed by atoms with van der Waals surface area (Å²) in [6.07, 6.45) is -4.82. The zero-order valence-corrected chi connectivity index (χ0v) is 16.1. The molecule has 0 aliphatic heterocycles. The van der Waals surface area contributed by atoms with E-state index in [1.165, 1.54) is 18.2 Å². The molecule has 9 heteroatoms. The van der Waals surface area contributed by atoms with E-state index in [2.05, 4.69) is 9.97 Å². The van der Waals surface area contributed by atoms with Crippen LogP contribution in [0.15, 0.2) is 36.4 Å². The van der Waals surface area contributed by atoms with Gasteiger partial charge in [-0.1, -0.05) is 37.6 Å². The quantitative estimate of drug-likeness (QED) is 0.252. The van der Waals surface area contributed by atoms with Gasteiger partial charge >= 0.3 is 6.30 Å². The van der Waals surface area contributed by atoms with E-state index >= 15 is 0 Å². The summed E-state index contributed by atoms with van der Waals surface area (Å²) < 4.78 is 55.1. The van der Waals surface area contributed by atoms with Crippen LogP contribution in [0.25, 0.3) is 10.9 Å². The van der Waals surface area contributed by atoms with Gasteiger partial charge in [-0.15, -0.1) is 13.2 Å². The maximum Gasteiger partial charge on any atom is 0.490 e. The monoisotopic (exact) mass is 419 g/mol. The molecule has 27 heavy (non-hydrogen) atoms. The first kappa shape index (κ1) is 21.2. The van der Waals surface area contributed by atoms with Crippen molar-refractivity contribution in [3.63, 3.8) is 0 Å². The van der Waals surface area contributed by atoms with Crippen LogP contribution in [0.2, 0.25) is 10.3 Å². The number of halogens is 6. The summed E-state index contributed by atoms with van der Waals surface area (Å²) in [6.45, 7) is 5.66. The van der Waals surface area contributed by atoms with Gasteiger partial charge in [-0.25, -0.2) is 14.3 Å². The van der Waals surface area contributed by atoms with E-state index in [-0.39, 0.29) is 26.5 Å². The smallest absolute Gasteiger partial charge is 0.236 e. The van der Waals surface area contributed by atoms with Gasteiger partial charge in [0.2, 0.25) is 5.28 Å². The third-order valence-electron chi connectivity index (χ3n) is 3.42. The standard InChI is InChI=1S/C16H9Cl2F4N3.C2H6/c1-8-3-2-4-9(5-8)25(16(20,21)22)14-10-6-12(19)11(17)7-13(10)23-15(18)24-14;1-2/h2-7H,1H3;1-2H3. The maximum absolute atomic E-state index is 13.8. The molecule has 0 aliphatic rings. The highest BCUT2D eigenvalue weighted by Crippen LogP contribution is 2.40. The van der Waals surface area contributed by atoms with Crippen molar-refractivity contribution in [2.24, 2.45) is 0 Å². The lowest BCUT2D eigenvalue weighted by atomic mass is 10.2. The van der Waals surface area contributed by atoms with Crippen LogP contribution in [0.1, 0.15) is 19.4 Å². The molecule has 2 aromatic carbocycles. The average molecular weight is 420 g/mol. The van der Waals surface area contributed by atoms with E-state index in [0.29, 0.717) is 5.56 Å². The molecule has 1 heterocycles. The molecule has 3 aromatic rings. The molecule has 0 aliphatic carbocycles. The molecule has 0 N–H and O–H groups in total. The number of alkyl halides is 3. The first-order valence-electron chi connectivity index (χ1n) is 7.93. The zero-order valence-electron chi connectivity index (χ0n) is 14.6. The van der Waals surface area contributed by atoms with Crippen LogP contribution in [-0.2, 0) is 0 Å². The largest absolute Gasteiger partial charge is 0.490 e. The third-order valence-corrected chi connectivity index (χ3v) is 3.87. The normalized spacial score (nSPS) is 11.1. The number of anilines is 2. The van der Waals surface area contributed by atoms with E-state index < -0.39 is 23.2 Å². The van der Waals surface area contributed by atoms with Crippen LogP contribution in [0.4, 0.5) is 29.1 Å². The van der Waals surface area contributed by atoms with Gasteiger partial charge in [-0.2, -0.15) is 4.98 Å². The van der Waals surface area contributed by atoms with Gasteiger partial charge in [0.15, 0.2) is 5.82 Å². The Morgan fingerprint density at radius 1 is 1.00 bits per heavy atom. The predicted octanol–water partition coefficient (Wildman–Crippen LogP) is 7.07. The maximum atomic E-state index is 13.8. The lowest BCUT2D eigenvalue weighted by Gasteiger charge is -2.27. The van der Waals surface area contributed by atoms with E-state index in [1.807, 2.05) is 13.8 Å². The summed E-state index contributed by atoms with van der Waals surface area (Å²) >= 11 is 11.5. The molecule has 0 radical (unpaired) electrons. The fourth-order valence-electron chi connectivity index (χ4n) is 2.41. The van der Waals surface area contributed by atoms with Crippen LogP contribution < -0.4 is 4.90 Å². The van der Waals surface area contributed by atoms with Gasteiger partial charge < -0.3 is 0 Å². The van der Waals surface area contributed by atoms with E-state index in [9.17, 15) is 17.6 Å². The van der Waals surface area contributed by atoms with Crippen LogP contribution in [0.5, 0.6) is 0 Å². The van der Waals surface area contributed by atoms with Crippen molar-refractivity contribution in [3.8, 4) is 0 Å². The molecule has 1 aromatic heterocycles. The minimum absolute atomic E-state index is 0.00306. The van der Waals surface area contributed by atoms with Crippen molar-refractivity contribution in [2.45, 2.75) is 27.1 Å². The Kier molecular flexibility index (Phi) is 6.49. The molecule has 0 spiro atoms. The Hall–Kier alpha value is -2.12. The van der Waals surface area contributed by atoms with Crippen molar-refractivity contribution in [1.29, 1.82) is 0 Å². The molecule has 0 saturated heterocycles. The second kappa shape index (κ2) is 8.27. The highest BCUT2D eigenvalue weighted by atomic mass is 35.5. The SMILES string of the molecule is CC.Cc1cccc(N(c2nc(Cl)nc3cc(Cl)c(F)cc23)C(F)(F)F)c1. The minimum Gasteiger partial charge on any atom is -0.236 e. The number of aromatic nitrogens is 2. The second-order valence-corrected chi connectivity index (χ2v) is 5.99. The summed E-state index contributed by atoms with van der Waals surface area (Å²) in [5.74, 6) is -1.46. The first-order valence-corrected chi connectivity index (χ1v) is 8.68. The van der Waals surface area contributed by atoms with Crippen molar-refractivity contribution >= 4 is 45.6 Å². The number of hydrogen-bond acceptors (Lipinski definition) is 3. The van der Waals surface area contributed by atoms with Gasteiger partial charge in [-0.05, 0) is 48.4 Å². The van der Waals surface area contributed by atoms with E-state index in [4.69, 9.17) is 23.2 Å².